The SMILES string of the molecule is NC(CCO)CSc1ncco1. The first kappa shape index (κ1) is 9.57. The Hall–Kier alpha value is -0.520. The summed E-state index contributed by atoms with van der Waals surface area (Å²) in [7, 11) is 0. The molecule has 1 unspecified atom stereocenters. The smallest absolute Gasteiger partial charge is 0.255 e. The lowest BCUT2D eigenvalue weighted by molar-refractivity contribution is 0.279. The summed E-state index contributed by atoms with van der Waals surface area (Å²) < 4.78 is 5.00. The molecular formula is C7H12N2O2S. The third-order valence-corrected chi connectivity index (χ3v) is 2.37. The van der Waals surface area contributed by atoms with Gasteiger partial charge in [0, 0.05) is 18.4 Å². The molecule has 0 aliphatic carbocycles. The van der Waals surface area contributed by atoms with Crippen LogP contribution in [-0.2, 0) is 0 Å². The second-order valence-corrected chi connectivity index (χ2v) is 3.35. The average Bonchev–Trinajstić information content (AvgIpc) is 2.53. The van der Waals surface area contributed by atoms with Crippen LogP contribution in [0.15, 0.2) is 22.1 Å². The van der Waals surface area contributed by atoms with Crippen molar-refractivity contribution in [3.8, 4) is 0 Å². The zero-order valence-corrected chi connectivity index (χ0v) is 7.46. The van der Waals surface area contributed by atoms with Crippen LogP contribution in [0.1, 0.15) is 6.42 Å². The van der Waals surface area contributed by atoms with E-state index in [9.17, 15) is 0 Å². The minimum atomic E-state index is 0.00639. The van der Waals surface area contributed by atoms with Crippen LogP contribution >= 0.6 is 11.8 Å². The largest absolute Gasteiger partial charge is 0.440 e. The van der Waals surface area contributed by atoms with Crippen molar-refractivity contribution in [2.45, 2.75) is 17.7 Å². The quantitative estimate of drug-likeness (QED) is 0.657. The van der Waals surface area contributed by atoms with Gasteiger partial charge in [0.25, 0.3) is 5.22 Å². The van der Waals surface area contributed by atoms with Gasteiger partial charge in [0.1, 0.15) is 6.26 Å². The van der Waals surface area contributed by atoms with Crippen LogP contribution in [0.3, 0.4) is 0 Å². The molecule has 0 radical (unpaired) electrons. The van der Waals surface area contributed by atoms with Crippen LogP contribution in [0.4, 0.5) is 0 Å². The monoisotopic (exact) mass is 188 g/mol. The predicted octanol–water partition coefficient (Wildman–Crippen LogP) is 0.476. The number of aliphatic hydroxyl groups is 1. The molecular weight excluding hydrogens is 176 g/mol. The molecule has 0 aromatic carbocycles. The highest BCUT2D eigenvalue weighted by Gasteiger charge is 2.04. The lowest BCUT2D eigenvalue weighted by atomic mass is 10.3. The first-order chi connectivity index (χ1) is 5.83. The molecule has 4 nitrogen and oxygen atoms in total. The van der Waals surface area contributed by atoms with E-state index in [2.05, 4.69) is 4.98 Å². The molecule has 1 aromatic rings. The van der Waals surface area contributed by atoms with E-state index in [-0.39, 0.29) is 12.6 Å². The summed E-state index contributed by atoms with van der Waals surface area (Å²) >= 11 is 1.46. The van der Waals surface area contributed by atoms with Gasteiger partial charge in [0.05, 0.1) is 6.20 Å². The topological polar surface area (TPSA) is 72.3 Å². The number of thioether (sulfide) groups is 1. The van der Waals surface area contributed by atoms with Gasteiger partial charge in [-0.3, -0.25) is 0 Å². The zero-order valence-electron chi connectivity index (χ0n) is 6.64. The van der Waals surface area contributed by atoms with Gasteiger partial charge < -0.3 is 15.3 Å². The lowest BCUT2D eigenvalue weighted by Crippen LogP contribution is -2.23. The van der Waals surface area contributed by atoms with Crippen molar-refractivity contribution in [2.75, 3.05) is 12.4 Å². The van der Waals surface area contributed by atoms with Crippen molar-refractivity contribution in [2.24, 2.45) is 5.73 Å². The highest BCUT2D eigenvalue weighted by atomic mass is 32.2. The minimum absolute atomic E-state index is 0.00639. The van der Waals surface area contributed by atoms with Gasteiger partial charge in [0.15, 0.2) is 0 Å². The van der Waals surface area contributed by atoms with Gasteiger partial charge >= 0.3 is 0 Å². The van der Waals surface area contributed by atoms with E-state index in [4.69, 9.17) is 15.3 Å². The van der Waals surface area contributed by atoms with Gasteiger partial charge in [0.2, 0.25) is 0 Å². The van der Waals surface area contributed by atoms with Crippen molar-refractivity contribution in [3.05, 3.63) is 12.5 Å². The summed E-state index contributed by atoms with van der Waals surface area (Å²) in [6, 6.07) is 0.00639. The number of nitrogens with two attached hydrogens (primary N) is 1. The minimum Gasteiger partial charge on any atom is -0.440 e. The Morgan fingerprint density at radius 1 is 1.75 bits per heavy atom. The van der Waals surface area contributed by atoms with Crippen LogP contribution in [0.2, 0.25) is 0 Å². The van der Waals surface area contributed by atoms with Gasteiger partial charge in [-0.05, 0) is 6.42 Å². The molecule has 0 saturated carbocycles. The molecule has 1 aromatic heterocycles. The molecule has 1 heterocycles. The molecule has 12 heavy (non-hydrogen) atoms. The van der Waals surface area contributed by atoms with Crippen molar-refractivity contribution in [1.82, 2.24) is 4.98 Å². The molecule has 0 bridgehead atoms. The van der Waals surface area contributed by atoms with Gasteiger partial charge in [-0.2, -0.15) is 0 Å². The fourth-order valence-electron chi connectivity index (χ4n) is 0.709. The molecule has 0 saturated heterocycles. The maximum Gasteiger partial charge on any atom is 0.255 e. The highest BCUT2D eigenvalue weighted by molar-refractivity contribution is 7.99. The third kappa shape index (κ3) is 3.25. The third-order valence-electron chi connectivity index (χ3n) is 1.33. The number of aromatic nitrogens is 1. The normalized spacial score (nSPS) is 13.2. The first-order valence-corrected chi connectivity index (χ1v) is 4.70. The van der Waals surface area contributed by atoms with Gasteiger partial charge in [-0.25, -0.2) is 4.98 Å². The van der Waals surface area contributed by atoms with Crippen molar-refractivity contribution in [3.63, 3.8) is 0 Å². The summed E-state index contributed by atoms with van der Waals surface area (Å²) in [6.45, 7) is 0.132. The van der Waals surface area contributed by atoms with E-state index in [1.54, 1.807) is 6.20 Å². The molecule has 0 amide bonds. The maximum atomic E-state index is 8.57. The van der Waals surface area contributed by atoms with Gasteiger partial charge in [-0.15, -0.1) is 0 Å². The van der Waals surface area contributed by atoms with Crippen LogP contribution < -0.4 is 5.73 Å². The van der Waals surface area contributed by atoms with E-state index in [1.165, 1.54) is 18.0 Å². The molecule has 68 valence electrons. The standard InChI is InChI=1S/C7H12N2O2S/c8-6(1-3-10)5-12-7-9-2-4-11-7/h2,4,6,10H,1,3,5,8H2. The van der Waals surface area contributed by atoms with Crippen LogP contribution in [0.25, 0.3) is 0 Å². The highest BCUT2D eigenvalue weighted by Crippen LogP contribution is 2.15. The average molecular weight is 188 g/mol. The molecule has 3 N–H and O–H groups in total. The van der Waals surface area contributed by atoms with Crippen LogP contribution in [0.5, 0.6) is 0 Å². The summed E-state index contributed by atoms with van der Waals surface area (Å²) in [4.78, 5) is 3.93. The van der Waals surface area contributed by atoms with Crippen molar-refractivity contribution < 1.29 is 9.52 Å². The summed E-state index contributed by atoms with van der Waals surface area (Å²) in [5, 5.41) is 9.19. The maximum absolute atomic E-state index is 8.57. The Labute approximate surface area is 75.2 Å². The number of nitrogens with zero attached hydrogens (tertiary/aromatic N) is 1. The number of oxazole rings is 1. The van der Waals surface area contributed by atoms with E-state index in [0.717, 1.165) is 5.75 Å². The molecule has 0 aliphatic heterocycles. The van der Waals surface area contributed by atoms with Crippen LogP contribution in [-0.4, -0.2) is 28.5 Å². The lowest BCUT2D eigenvalue weighted by Gasteiger charge is -2.06. The fraction of sp³-hybridized carbons (Fsp3) is 0.571. The first-order valence-electron chi connectivity index (χ1n) is 3.71. The second-order valence-electron chi connectivity index (χ2n) is 2.38. The predicted molar refractivity (Wildman–Crippen MR) is 46.9 cm³/mol. The summed E-state index contributed by atoms with van der Waals surface area (Å²) in [5.41, 5.74) is 5.65. The number of hydrogen-bond acceptors (Lipinski definition) is 5. The van der Waals surface area contributed by atoms with Gasteiger partial charge in [-0.1, -0.05) is 11.8 Å². The van der Waals surface area contributed by atoms with E-state index in [1.807, 2.05) is 0 Å². The van der Waals surface area contributed by atoms with E-state index in [0.29, 0.717) is 11.6 Å². The number of aliphatic hydroxyl groups excluding tert-OH is 1. The fourth-order valence-corrected chi connectivity index (χ4v) is 1.49. The zero-order chi connectivity index (χ0) is 8.81. The van der Waals surface area contributed by atoms with E-state index >= 15 is 0 Å². The molecule has 5 heteroatoms. The molecule has 0 aliphatic rings. The Bertz CT molecular complexity index is 203. The van der Waals surface area contributed by atoms with Crippen LogP contribution in [0, 0.1) is 0 Å². The summed E-state index contributed by atoms with van der Waals surface area (Å²) in [6.07, 6.45) is 3.74. The van der Waals surface area contributed by atoms with Crippen molar-refractivity contribution >= 4 is 11.8 Å². The molecule has 1 atom stereocenters. The Kier molecular flexibility index (Phi) is 4.13. The molecule has 0 spiro atoms. The Morgan fingerprint density at radius 3 is 3.17 bits per heavy atom. The summed E-state index contributed by atoms with van der Waals surface area (Å²) in [5.74, 6) is 0.723. The number of hydrogen-bond donors (Lipinski definition) is 2. The van der Waals surface area contributed by atoms with E-state index < -0.39 is 0 Å². The Balaban J connectivity index is 2.17. The molecule has 1 rings (SSSR count). The number of rotatable bonds is 5. The molecule has 0 fully saturated rings. The Morgan fingerprint density at radius 2 is 2.58 bits per heavy atom. The van der Waals surface area contributed by atoms with Crippen molar-refractivity contribution in [1.29, 1.82) is 0 Å². The second kappa shape index (κ2) is 5.18.